The number of amides is 2. The molecule has 2 amide bonds. The molecule has 2 bridgehead atoms. The number of fused-ring (bicyclic) bond motifs is 6. The molecule has 0 saturated carbocycles. The predicted octanol–water partition coefficient (Wildman–Crippen LogP) is 3.53. The molecule has 4 heterocycles. The smallest absolute Gasteiger partial charge is 0.240 e. The van der Waals surface area contributed by atoms with Gasteiger partial charge >= 0.3 is 0 Å². The average molecular weight is 468 g/mol. The van der Waals surface area contributed by atoms with Crippen molar-refractivity contribution < 1.29 is 14.3 Å². The van der Waals surface area contributed by atoms with Crippen LogP contribution in [-0.2, 0) is 20.7 Å². The minimum Gasteiger partial charge on any atom is -0.384 e. The Balaban J connectivity index is 1.34. The molecule has 2 N–H and O–H groups in total. The molecule has 3 aliphatic rings. The van der Waals surface area contributed by atoms with Gasteiger partial charge in [-0.05, 0) is 51.2 Å². The number of nitrogens with zero attached hydrogens (tertiary/aromatic N) is 4. The van der Waals surface area contributed by atoms with Crippen LogP contribution >= 0.6 is 0 Å². The van der Waals surface area contributed by atoms with Crippen molar-refractivity contribution in [3.05, 3.63) is 60.0 Å². The number of hydrogen-bond donors (Lipinski definition) is 1. The van der Waals surface area contributed by atoms with Gasteiger partial charge < -0.3 is 10.5 Å². The van der Waals surface area contributed by atoms with Gasteiger partial charge in [0, 0.05) is 22.5 Å². The number of ether oxygens (including phenoxy) is 1. The van der Waals surface area contributed by atoms with Crippen LogP contribution in [-0.4, -0.2) is 33.0 Å². The van der Waals surface area contributed by atoms with Crippen LogP contribution in [0.1, 0.15) is 43.9 Å². The number of imide groups is 1. The molecular formula is C27H25N5O3. The molecule has 3 fully saturated rings. The quantitative estimate of drug-likeness (QED) is 0.570. The summed E-state index contributed by atoms with van der Waals surface area (Å²) >= 11 is 0. The molecule has 2 aromatic carbocycles. The van der Waals surface area contributed by atoms with Gasteiger partial charge in [-0.25, -0.2) is 14.9 Å². The number of nitrogens with two attached hydrogens (primary N) is 1. The number of aryl methyl sites for hydroxylation is 1. The number of nitriles is 1. The summed E-state index contributed by atoms with van der Waals surface area (Å²) in [6, 6.07) is 14.8. The van der Waals surface area contributed by atoms with E-state index >= 15 is 0 Å². The molecule has 3 aliphatic heterocycles. The molecule has 8 nitrogen and oxygen atoms in total. The molecular weight excluding hydrogens is 442 g/mol. The maximum atomic E-state index is 13.9. The molecule has 3 aromatic rings. The summed E-state index contributed by atoms with van der Waals surface area (Å²) in [7, 11) is 0. The van der Waals surface area contributed by atoms with Gasteiger partial charge in [-0.3, -0.25) is 9.59 Å². The highest BCUT2D eigenvalue weighted by Crippen LogP contribution is 2.62. The molecule has 1 aromatic heterocycles. The fourth-order valence-electron chi connectivity index (χ4n) is 6.54. The lowest BCUT2D eigenvalue weighted by Crippen LogP contribution is -2.42. The van der Waals surface area contributed by atoms with Crippen LogP contribution in [0.15, 0.2) is 48.8 Å². The van der Waals surface area contributed by atoms with Crippen LogP contribution in [0.4, 0.5) is 11.5 Å². The highest BCUT2D eigenvalue weighted by atomic mass is 16.5. The summed E-state index contributed by atoms with van der Waals surface area (Å²) in [5.41, 5.74) is 6.36. The van der Waals surface area contributed by atoms with Crippen LogP contribution < -0.4 is 10.6 Å². The van der Waals surface area contributed by atoms with E-state index in [1.165, 1.54) is 11.2 Å². The molecule has 3 saturated heterocycles. The van der Waals surface area contributed by atoms with E-state index in [-0.39, 0.29) is 11.8 Å². The fraction of sp³-hybridized carbons (Fsp3) is 0.370. The Morgan fingerprint density at radius 2 is 1.89 bits per heavy atom. The van der Waals surface area contributed by atoms with Crippen LogP contribution in [0.5, 0.6) is 0 Å². The maximum Gasteiger partial charge on any atom is 0.240 e. The predicted molar refractivity (Wildman–Crippen MR) is 129 cm³/mol. The molecule has 4 atom stereocenters. The number of rotatable bonds is 5. The molecule has 0 spiro atoms. The molecule has 8 heteroatoms. The van der Waals surface area contributed by atoms with Crippen molar-refractivity contribution in [3.8, 4) is 6.07 Å². The third kappa shape index (κ3) is 3.08. The van der Waals surface area contributed by atoms with E-state index < -0.39 is 23.0 Å². The van der Waals surface area contributed by atoms with Crippen molar-refractivity contribution in [3.63, 3.8) is 0 Å². The zero-order valence-electron chi connectivity index (χ0n) is 19.4. The minimum atomic E-state index is -0.665. The van der Waals surface area contributed by atoms with Gasteiger partial charge in [0.05, 0.1) is 40.4 Å². The van der Waals surface area contributed by atoms with E-state index in [0.717, 1.165) is 35.7 Å². The lowest BCUT2D eigenvalue weighted by atomic mass is 9.67. The van der Waals surface area contributed by atoms with Gasteiger partial charge in [0.2, 0.25) is 11.8 Å². The highest BCUT2D eigenvalue weighted by Gasteiger charge is 2.73. The van der Waals surface area contributed by atoms with Crippen LogP contribution in [0.2, 0.25) is 0 Å². The summed E-state index contributed by atoms with van der Waals surface area (Å²) < 4.78 is 6.56. The standard InChI is InChI=1S/C27H25N5O3/c1-26-11-12-27(35-26,10-4-5-17-13-21(29)31-15-30-17)23-22(26)24(33)32(25(23)34)20-9-8-16(14-28)18-6-2-3-7-19(18)20/h2-3,6-9,13,15,22-23H,4-5,10-12H2,1H3,(H2,29,30,31)/t22-,23+,26-,27+/m1/s1. The van der Waals surface area contributed by atoms with Crippen LogP contribution in [0.25, 0.3) is 10.8 Å². The second kappa shape index (κ2) is 7.59. The van der Waals surface area contributed by atoms with Crippen LogP contribution in [0.3, 0.4) is 0 Å². The molecule has 0 radical (unpaired) electrons. The van der Waals surface area contributed by atoms with Crippen molar-refractivity contribution in [2.45, 2.75) is 50.2 Å². The monoisotopic (exact) mass is 467 g/mol. The zero-order chi connectivity index (χ0) is 24.4. The summed E-state index contributed by atoms with van der Waals surface area (Å²) in [4.78, 5) is 37.3. The Morgan fingerprint density at radius 1 is 1.11 bits per heavy atom. The third-order valence-corrected chi connectivity index (χ3v) is 8.05. The number of carbonyl (C=O) groups excluding carboxylic acids is 2. The maximum absolute atomic E-state index is 13.9. The van der Waals surface area contributed by atoms with E-state index in [1.807, 2.05) is 31.2 Å². The summed E-state index contributed by atoms with van der Waals surface area (Å²) in [6.07, 6.45) is 5.06. The number of nitrogen functional groups attached to an aromatic ring is 1. The zero-order valence-corrected chi connectivity index (χ0v) is 19.4. The molecule has 0 unspecified atom stereocenters. The molecule has 35 heavy (non-hydrogen) atoms. The number of aromatic nitrogens is 2. The Hall–Kier alpha value is -3.83. The fourth-order valence-corrected chi connectivity index (χ4v) is 6.54. The third-order valence-electron chi connectivity index (χ3n) is 8.05. The normalized spacial score (nSPS) is 29.1. The first-order valence-corrected chi connectivity index (χ1v) is 11.9. The number of hydrogen-bond acceptors (Lipinski definition) is 7. The number of carbonyl (C=O) groups is 2. The molecule has 176 valence electrons. The second-order valence-electron chi connectivity index (χ2n) is 10.0. The van der Waals surface area contributed by atoms with Crippen molar-refractivity contribution in [2.24, 2.45) is 11.8 Å². The lowest BCUT2D eigenvalue weighted by molar-refractivity contribution is -0.130. The molecule has 0 aliphatic carbocycles. The molecule has 6 rings (SSSR count). The number of anilines is 2. The summed E-state index contributed by atoms with van der Waals surface area (Å²) in [6.45, 7) is 1.97. The van der Waals surface area contributed by atoms with E-state index in [1.54, 1.807) is 18.2 Å². The Morgan fingerprint density at radius 3 is 2.66 bits per heavy atom. The van der Waals surface area contributed by atoms with Gasteiger partial charge in [-0.15, -0.1) is 0 Å². The Labute approximate surface area is 202 Å². The van der Waals surface area contributed by atoms with Gasteiger partial charge in [0.1, 0.15) is 12.1 Å². The first-order valence-electron chi connectivity index (χ1n) is 11.9. The minimum absolute atomic E-state index is 0.204. The second-order valence-corrected chi connectivity index (χ2v) is 10.0. The van der Waals surface area contributed by atoms with Gasteiger partial charge in [0.15, 0.2) is 0 Å². The van der Waals surface area contributed by atoms with Crippen molar-refractivity contribution in [2.75, 3.05) is 10.6 Å². The van der Waals surface area contributed by atoms with Crippen molar-refractivity contribution >= 4 is 34.1 Å². The van der Waals surface area contributed by atoms with Gasteiger partial charge in [-0.2, -0.15) is 5.26 Å². The summed E-state index contributed by atoms with van der Waals surface area (Å²) in [5, 5.41) is 11.0. The lowest BCUT2D eigenvalue weighted by Gasteiger charge is -2.31. The van der Waals surface area contributed by atoms with Crippen LogP contribution in [0, 0.1) is 23.2 Å². The van der Waals surface area contributed by atoms with Gasteiger partial charge in [0.25, 0.3) is 0 Å². The highest BCUT2D eigenvalue weighted by molar-refractivity contribution is 6.26. The topological polar surface area (TPSA) is 122 Å². The Kier molecular flexibility index (Phi) is 4.70. The van der Waals surface area contributed by atoms with E-state index in [9.17, 15) is 14.9 Å². The van der Waals surface area contributed by atoms with Crippen molar-refractivity contribution in [1.29, 1.82) is 5.26 Å². The average Bonchev–Trinajstić information content (AvgIpc) is 3.43. The first-order chi connectivity index (χ1) is 16.9. The summed E-state index contributed by atoms with van der Waals surface area (Å²) in [5.74, 6) is -1.00. The first kappa shape index (κ1) is 21.7. The van der Waals surface area contributed by atoms with Crippen molar-refractivity contribution in [1.82, 2.24) is 9.97 Å². The van der Waals surface area contributed by atoms with E-state index in [0.29, 0.717) is 29.9 Å². The van der Waals surface area contributed by atoms with E-state index in [2.05, 4.69) is 16.0 Å². The SMILES string of the molecule is C[C@]12CC[C@](CCCc3cc(N)ncn3)(O1)[C@@H]1C(=O)N(c3ccc(C#N)c4ccccc34)C(=O)[C@@H]12. The Bertz CT molecular complexity index is 1430. The number of benzene rings is 2. The van der Waals surface area contributed by atoms with E-state index in [4.69, 9.17) is 10.5 Å². The largest absolute Gasteiger partial charge is 0.384 e. The van der Waals surface area contributed by atoms with Gasteiger partial charge in [-0.1, -0.05) is 24.3 Å².